The minimum absolute atomic E-state index is 0.115. The third kappa shape index (κ3) is 3.76. The zero-order chi connectivity index (χ0) is 13.0. The molecule has 0 heterocycles. The SMILES string of the molecule is COCC(N)C(=O)Nc1cc(F)c(Br)cc1C. The highest BCUT2D eigenvalue weighted by molar-refractivity contribution is 9.10. The number of hydrogen-bond acceptors (Lipinski definition) is 3. The van der Waals surface area contributed by atoms with Gasteiger partial charge in [0.25, 0.3) is 0 Å². The Hall–Kier alpha value is -0.980. The molecule has 3 N–H and O–H groups in total. The van der Waals surface area contributed by atoms with Crippen molar-refractivity contribution >= 4 is 27.5 Å². The average molecular weight is 305 g/mol. The first-order valence-corrected chi connectivity index (χ1v) is 5.76. The van der Waals surface area contributed by atoms with Gasteiger partial charge in [0, 0.05) is 12.8 Å². The fourth-order valence-electron chi connectivity index (χ4n) is 1.26. The summed E-state index contributed by atoms with van der Waals surface area (Å²) in [5.41, 5.74) is 6.70. The van der Waals surface area contributed by atoms with Crippen molar-refractivity contribution in [3.63, 3.8) is 0 Å². The summed E-state index contributed by atoms with van der Waals surface area (Å²) >= 11 is 3.07. The van der Waals surface area contributed by atoms with E-state index in [1.807, 2.05) is 0 Å². The van der Waals surface area contributed by atoms with Crippen molar-refractivity contribution in [1.82, 2.24) is 0 Å². The van der Waals surface area contributed by atoms with Crippen molar-refractivity contribution in [3.8, 4) is 0 Å². The largest absolute Gasteiger partial charge is 0.383 e. The van der Waals surface area contributed by atoms with Crippen molar-refractivity contribution in [1.29, 1.82) is 0 Å². The molecule has 0 spiro atoms. The van der Waals surface area contributed by atoms with Crippen LogP contribution < -0.4 is 11.1 Å². The lowest BCUT2D eigenvalue weighted by molar-refractivity contribution is -0.118. The summed E-state index contributed by atoms with van der Waals surface area (Å²) in [4.78, 5) is 11.6. The highest BCUT2D eigenvalue weighted by atomic mass is 79.9. The van der Waals surface area contributed by atoms with Gasteiger partial charge in [0.2, 0.25) is 5.91 Å². The van der Waals surface area contributed by atoms with Crippen LogP contribution in [-0.4, -0.2) is 25.7 Å². The molecule has 1 aromatic rings. The highest BCUT2D eigenvalue weighted by Gasteiger charge is 2.15. The summed E-state index contributed by atoms with van der Waals surface area (Å²) in [6.45, 7) is 1.88. The molecule has 1 atom stereocenters. The van der Waals surface area contributed by atoms with E-state index in [-0.39, 0.29) is 6.61 Å². The van der Waals surface area contributed by atoms with Crippen LogP contribution in [0.15, 0.2) is 16.6 Å². The second-order valence-corrected chi connectivity index (χ2v) is 4.49. The van der Waals surface area contributed by atoms with Crippen LogP contribution in [0.4, 0.5) is 10.1 Å². The van der Waals surface area contributed by atoms with Gasteiger partial charge in [-0.25, -0.2) is 4.39 Å². The molecule has 0 aliphatic heterocycles. The molecular weight excluding hydrogens is 291 g/mol. The topological polar surface area (TPSA) is 64.3 Å². The summed E-state index contributed by atoms with van der Waals surface area (Å²) in [7, 11) is 1.46. The number of halogens is 2. The number of methoxy groups -OCH3 is 1. The fourth-order valence-corrected chi connectivity index (χ4v) is 1.72. The number of benzene rings is 1. The van der Waals surface area contributed by atoms with Gasteiger partial charge in [-0.05, 0) is 40.5 Å². The van der Waals surface area contributed by atoms with E-state index in [1.54, 1.807) is 13.0 Å². The number of rotatable bonds is 4. The molecule has 0 radical (unpaired) electrons. The summed E-state index contributed by atoms with van der Waals surface area (Å²) < 4.78 is 18.4. The molecule has 0 aromatic heterocycles. The number of carbonyl (C=O) groups excluding carboxylic acids is 1. The maximum Gasteiger partial charge on any atom is 0.243 e. The van der Waals surface area contributed by atoms with Crippen molar-refractivity contribution in [3.05, 3.63) is 28.0 Å². The van der Waals surface area contributed by atoms with E-state index < -0.39 is 17.8 Å². The van der Waals surface area contributed by atoms with Crippen LogP contribution in [0.5, 0.6) is 0 Å². The minimum Gasteiger partial charge on any atom is -0.383 e. The van der Waals surface area contributed by atoms with E-state index in [1.165, 1.54) is 13.2 Å². The average Bonchev–Trinajstić information content (AvgIpc) is 2.26. The molecule has 0 saturated carbocycles. The van der Waals surface area contributed by atoms with Gasteiger partial charge in [0.1, 0.15) is 11.9 Å². The van der Waals surface area contributed by atoms with Gasteiger partial charge in [-0.1, -0.05) is 0 Å². The summed E-state index contributed by atoms with van der Waals surface area (Å²) in [5.74, 6) is -0.845. The zero-order valence-electron chi connectivity index (χ0n) is 9.59. The van der Waals surface area contributed by atoms with E-state index in [4.69, 9.17) is 10.5 Å². The third-order valence-corrected chi connectivity index (χ3v) is 2.82. The Morgan fingerprint density at radius 1 is 1.65 bits per heavy atom. The lowest BCUT2D eigenvalue weighted by Gasteiger charge is -2.13. The molecule has 0 saturated heterocycles. The standard InChI is InChI=1S/C11H14BrFN2O2/c1-6-3-7(12)8(13)4-10(6)15-11(16)9(14)5-17-2/h3-4,9H,5,14H2,1-2H3,(H,15,16). The van der Waals surface area contributed by atoms with Gasteiger partial charge < -0.3 is 15.8 Å². The number of amides is 1. The molecule has 0 aliphatic carbocycles. The maximum atomic E-state index is 13.3. The Balaban J connectivity index is 2.81. The zero-order valence-corrected chi connectivity index (χ0v) is 11.2. The first-order chi connectivity index (χ1) is 7.95. The molecule has 1 aromatic carbocycles. The van der Waals surface area contributed by atoms with Crippen molar-refractivity contribution in [2.45, 2.75) is 13.0 Å². The van der Waals surface area contributed by atoms with Crippen molar-refractivity contribution < 1.29 is 13.9 Å². The molecule has 4 nitrogen and oxygen atoms in total. The van der Waals surface area contributed by atoms with Gasteiger partial charge >= 0.3 is 0 Å². The van der Waals surface area contributed by atoms with E-state index in [0.29, 0.717) is 10.2 Å². The molecule has 0 bridgehead atoms. The molecule has 94 valence electrons. The Labute approximate surface area is 107 Å². The second kappa shape index (κ2) is 6.09. The Bertz CT molecular complexity index is 426. The quantitative estimate of drug-likeness (QED) is 0.891. The van der Waals surface area contributed by atoms with E-state index in [9.17, 15) is 9.18 Å². The van der Waals surface area contributed by atoms with Crippen LogP contribution in [0.1, 0.15) is 5.56 Å². The second-order valence-electron chi connectivity index (χ2n) is 3.63. The lowest BCUT2D eigenvalue weighted by atomic mass is 10.2. The fraction of sp³-hybridized carbons (Fsp3) is 0.364. The van der Waals surface area contributed by atoms with Crippen LogP contribution >= 0.6 is 15.9 Å². The van der Waals surface area contributed by atoms with Crippen molar-refractivity contribution in [2.75, 3.05) is 19.0 Å². The number of aryl methyl sites for hydroxylation is 1. The summed E-state index contributed by atoms with van der Waals surface area (Å²) in [6.07, 6.45) is 0. The van der Waals surface area contributed by atoms with E-state index >= 15 is 0 Å². The Morgan fingerprint density at radius 2 is 2.29 bits per heavy atom. The van der Waals surface area contributed by atoms with Crippen LogP contribution in [0.3, 0.4) is 0 Å². The van der Waals surface area contributed by atoms with Gasteiger partial charge in [-0.2, -0.15) is 0 Å². The normalized spacial score (nSPS) is 12.3. The lowest BCUT2D eigenvalue weighted by Crippen LogP contribution is -2.39. The van der Waals surface area contributed by atoms with Gasteiger partial charge in [0.15, 0.2) is 0 Å². The van der Waals surface area contributed by atoms with E-state index in [2.05, 4.69) is 21.2 Å². The number of hydrogen-bond donors (Lipinski definition) is 2. The van der Waals surface area contributed by atoms with Crippen LogP contribution in [0.25, 0.3) is 0 Å². The van der Waals surface area contributed by atoms with Crippen LogP contribution in [-0.2, 0) is 9.53 Å². The molecule has 0 fully saturated rings. The van der Waals surface area contributed by atoms with Crippen LogP contribution in [0.2, 0.25) is 0 Å². The number of anilines is 1. The van der Waals surface area contributed by atoms with Gasteiger partial charge in [0.05, 0.1) is 11.1 Å². The van der Waals surface area contributed by atoms with Crippen LogP contribution in [0, 0.1) is 12.7 Å². The summed E-state index contributed by atoms with van der Waals surface area (Å²) in [6, 6.07) is 2.06. The molecule has 0 aliphatic rings. The third-order valence-electron chi connectivity index (χ3n) is 2.21. The first kappa shape index (κ1) is 14.1. The monoisotopic (exact) mass is 304 g/mol. The first-order valence-electron chi connectivity index (χ1n) is 4.96. The molecule has 1 rings (SSSR count). The number of carbonyl (C=O) groups is 1. The molecule has 6 heteroatoms. The Kier molecular flexibility index (Phi) is 5.04. The smallest absolute Gasteiger partial charge is 0.243 e. The molecule has 1 amide bonds. The maximum absolute atomic E-state index is 13.3. The number of nitrogens with one attached hydrogen (secondary N) is 1. The Morgan fingerprint density at radius 3 is 2.88 bits per heavy atom. The predicted molar refractivity (Wildman–Crippen MR) is 67.3 cm³/mol. The number of ether oxygens (including phenoxy) is 1. The van der Waals surface area contributed by atoms with Crippen molar-refractivity contribution in [2.24, 2.45) is 5.73 Å². The molecule has 1 unspecified atom stereocenters. The highest BCUT2D eigenvalue weighted by Crippen LogP contribution is 2.23. The predicted octanol–water partition coefficient (Wildman–Crippen LogP) is 1.81. The summed E-state index contributed by atoms with van der Waals surface area (Å²) in [5, 5.41) is 2.56. The minimum atomic E-state index is -0.772. The van der Waals surface area contributed by atoms with Gasteiger partial charge in [-0.15, -0.1) is 0 Å². The molecular formula is C11H14BrFN2O2. The van der Waals surface area contributed by atoms with E-state index in [0.717, 1.165) is 5.56 Å². The molecule has 17 heavy (non-hydrogen) atoms. The number of nitrogens with two attached hydrogens (primary N) is 1. The van der Waals surface area contributed by atoms with Gasteiger partial charge in [-0.3, -0.25) is 4.79 Å².